The fourth-order valence-corrected chi connectivity index (χ4v) is 5.49. The second-order valence-electron chi connectivity index (χ2n) is 10.2. The van der Waals surface area contributed by atoms with Crippen LogP contribution in [0.15, 0.2) is 97.1 Å². The quantitative estimate of drug-likeness (QED) is 0.440. The van der Waals surface area contributed by atoms with Gasteiger partial charge in [-0.3, -0.25) is 14.4 Å². The largest absolute Gasteiger partial charge is 0.340 e. The molecule has 2 heterocycles. The second-order valence-corrected chi connectivity index (χ2v) is 10.2. The number of likely N-dealkylation sites (N-methyl/N-ethyl adjacent to an activating group) is 1. The Balaban J connectivity index is 1.29. The van der Waals surface area contributed by atoms with Crippen molar-refractivity contribution in [2.24, 2.45) is 0 Å². The van der Waals surface area contributed by atoms with Crippen LogP contribution in [0.4, 0.5) is 5.69 Å². The molecule has 0 unspecified atom stereocenters. The van der Waals surface area contributed by atoms with E-state index < -0.39 is 5.54 Å². The van der Waals surface area contributed by atoms with Gasteiger partial charge in [0.25, 0.3) is 5.91 Å². The molecule has 0 bridgehead atoms. The predicted octanol–water partition coefficient (Wildman–Crippen LogP) is 4.03. The lowest BCUT2D eigenvalue weighted by Gasteiger charge is -2.43. The Morgan fingerprint density at radius 3 is 2.10 bits per heavy atom. The number of benzene rings is 3. The first-order valence-corrected chi connectivity index (χ1v) is 13.4. The van der Waals surface area contributed by atoms with Crippen molar-refractivity contribution in [3.8, 4) is 0 Å². The Bertz CT molecular complexity index is 1320. The zero-order valence-corrected chi connectivity index (χ0v) is 22.3. The van der Waals surface area contributed by atoms with Crippen LogP contribution in [0.25, 0.3) is 6.08 Å². The molecule has 2 aliphatic heterocycles. The molecule has 0 saturated carbocycles. The molecule has 39 heavy (non-hydrogen) atoms. The smallest absolute Gasteiger partial charge is 0.250 e. The molecule has 1 spiro atoms. The maximum atomic E-state index is 14.0. The lowest BCUT2D eigenvalue weighted by Crippen LogP contribution is -2.57. The zero-order chi connectivity index (χ0) is 27.2. The fourth-order valence-electron chi connectivity index (χ4n) is 5.49. The molecule has 0 N–H and O–H groups in total. The van der Waals surface area contributed by atoms with Gasteiger partial charge in [0, 0.05) is 38.4 Å². The molecule has 7 nitrogen and oxygen atoms in total. The monoisotopic (exact) mass is 522 g/mol. The third-order valence-corrected chi connectivity index (χ3v) is 7.72. The number of anilines is 1. The number of piperidine rings is 1. The third kappa shape index (κ3) is 5.72. The van der Waals surface area contributed by atoms with Crippen LogP contribution in [0.3, 0.4) is 0 Å². The fraction of sp³-hybridized carbons (Fsp3) is 0.281. The van der Waals surface area contributed by atoms with Gasteiger partial charge < -0.3 is 19.6 Å². The minimum atomic E-state index is -0.778. The van der Waals surface area contributed by atoms with Crippen LogP contribution >= 0.6 is 0 Å². The average Bonchev–Trinajstić information content (AvgIpc) is 3.24. The van der Waals surface area contributed by atoms with Crippen LogP contribution in [0.2, 0.25) is 0 Å². The molecule has 7 heteroatoms. The summed E-state index contributed by atoms with van der Waals surface area (Å²) < 4.78 is 0. The summed E-state index contributed by atoms with van der Waals surface area (Å²) in [6.07, 6.45) is 4.45. The molecular weight excluding hydrogens is 488 g/mol. The first-order chi connectivity index (χ1) is 19.0. The number of carbonyl (C=O) groups is 3. The molecule has 2 fully saturated rings. The SMILES string of the molecule is CN(Cc1ccccc1)C(=O)CN1CN(c2ccccc2)C2(CCN(C(=O)/C=C/c3ccccc3)CC2)C1=O. The first-order valence-electron chi connectivity index (χ1n) is 13.4. The van der Waals surface area contributed by atoms with Gasteiger partial charge in [-0.25, -0.2) is 0 Å². The summed E-state index contributed by atoms with van der Waals surface area (Å²) in [6.45, 7) is 1.81. The number of likely N-dealkylation sites (tertiary alicyclic amines) is 1. The molecule has 0 radical (unpaired) electrons. The summed E-state index contributed by atoms with van der Waals surface area (Å²) >= 11 is 0. The maximum absolute atomic E-state index is 14.0. The molecule has 3 aromatic rings. The van der Waals surface area contributed by atoms with Gasteiger partial charge in [-0.2, -0.15) is 0 Å². The minimum absolute atomic E-state index is 0.0235. The summed E-state index contributed by atoms with van der Waals surface area (Å²) in [5, 5.41) is 0. The summed E-state index contributed by atoms with van der Waals surface area (Å²) in [6, 6.07) is 29.4. The standard InChI is InChI=1S/C32H34N4O3/c1-33(23-27-13-7-3-8-14-27)30(38)24-35-25-36(28-15-9-4-10-16-28)32(31(35)39)19-21-34(22-20-32)29(37)18-17-26-11-5-2-6-12-26/h2-18H,19-25H2,1H3/b18-17+. The highest BCUT2D eigenvalue weighted by Crippen LogP contribution is 2.39. The average molecular weight is 523 g/mol. The van der Waals surface area contributed by atoms with Crippen molar-refractivity contribution < 1.29 is 14.4 Å². The van der Waals surface area contributed by atoms with Crippen LogP contribution in [0.1, 0.15) is 24.0 Å². The van der Waals surface area contributed by atoms with Crippen molar-refractivity contribution in [3.63, 3.8) is 0 Å². The summed E-state index contributed by atoms with van der Waals surface area (Å²) in [5.74, 6) is -0.198. The maximum Gasteiger partial charge on any atom is 0.250 e. The first kappa shape index (κ1) is 26.2. The van der Waals surface area contributed by atoms with Crippen LogP contribution in [0.5, 0.6) is 0 Å². The Labute approximate surface area is 229 Å². The highest BCUT2D eigenvalue weighted by atomic mass is 16.2. The van der Waals surface area contributed by atoms with E-state index in [4.69, 9.17) is 0 Å². The van der Waals surface area contributed by atoms with Crippen molar-refractivity contribution in [3.05, 3.63) is 108 Å². The van der Waals surface area contributed by atoms with Crippen molar-refractivity contribution in [1.29, 1.82) is 0 Å². The lowest BCUT2D eigenvalue weighted by molar-refractivity contribution is -0.141. The van der Waals surface area contributed by atoms with Gasteiger partial charge in [0.05, 0.1) is 6.67 Å². The van der Waals surface area contributed by atoms with E-state index in [9.17, 15) is 14.4 Å². The van der Waals surface area contributed by atoms with Gasteiger partial charge in [0.15, 0.2) is 0 Å². The second kappa shape index (κ2) is 11.6. The molecule has 3 aromatic carbocycles. The number of nitrogens with zero attached hydrogens (tertiary/aromatic N) is 4. The van der Waals surface area contributed by atoms with Crippen LogP contribution in [-0.2, 0) is 20.9 Å². The van der Waals surface area contributed by atoms with E-state index in [0.717, 1.165) is 16.8 Å². The van der Waals surface area contributed by atoms with Gasteiger partial charge in [0.1, 0.15) is 12.1 Å². The van der Waals surface area contributed by atoms with Crippen molar-refractivity contribution >= 4 is 29.5 Å². The van der Waals surface area contributed by atoms with Gasteiger partial charge >= 0.3 is 0 Å². The van der Waals surface area contributed by atoms with E-state index in [-0.39, 0.29) is 24.3 Å². The van der Waals surface area contributed by atoms with Crippen molar-refractivity contribution in [1.82, 2.24) is 14.7 Å². The van der Waals surface area contributed by atoms with Crippen LogP contribution < -0.4 is 4.90 Å². The van der Waals surface area contributed by atoms with E-state index in [2.05, 4.69) is 4.90 Å². The molecule has 3 amide bonds. The predicted molar refractivity (Wildman–Crippen MR) is 152 cm³/mol. The van der Waals surface area contributed by atoms with Crippen LogP contribution in [0, 0.1) is 0 Å². The lowest BCUT2D eigenvalue weighted by atomic mass is 9.85. The molecule has 0 atom stereocenters. The van der Waals surface area contributed by atoms with E-state index in [1.807, 2.05) is 102 Å². The highest BCUT2D eigenvalue weighted by Gasteiger charge is 2.54. The summed E-state index contributed by atoms with van der Waals surface area (Å²) in [7, 11) is 1.77. The molecule has 2 aliphatic rings. The molecule has 5 rings (SSSR count). The summed E-state index contributed by atoms with van der Waals surface area (Å²) in [5.41, 5.74) is 2.18. The van der Waals surface area contributed by atoms with Crippen LogP contribution in [-0.4, -0.2) is 71.3 Å². The van der Waals surface area contributed by atoms with Gasteiger partial charge in [-0.05, 0) is 42.2 Å². The zero-order valence-electron chi connectivity index (χ0n) is 22.3. The van der Waals surface area contributed by atoms with E-state index >= 15 is 0 Å². The van der Waals surface area contributed by atoms with Gasteiger partial charge in [-0.1, -0.05) is 78.9 Å². The topological polar surface area (TPSA) is 64.2 Å². The Kier molecular flexibility index (Phi) is 7.77. The molecule has 0 aliphatic carbocycles. The Hall–Kier alpha value is -4.39. The van der Waals surface area contributed by atoms with Crippen molar-refractivity contribution in [2.75, 3.05) is 38.3 Å². The number of hydrogen-bond donors (Lipinski definition) is 0. The molecule has 0 aromatic heterocycles. The number of para-hydroxylation sites is 1. The summed E-state index contributed by atoms with van der Waals surface area (Å²) in [4.78, 5) is 47.3. The van der Waals surface area contributed by atoms with Gasteiger partial charge in [-0.15, -0.1) is 0 Å². The molecule has 2 saturated heterocycles. The molecule has 200 valence electrons. The Morgan fingerprint density at radius 2 is 1.46 bits per heavy atom. The van der Waals surface area contributed by atoms with E-state index in [0.29, 0.717) is 39.1 Å². The highest BCUT2D eigenvalue weighted by molar-refractivity contribution is 5.97. The van der Waals surface area contributed by atoms with Crippen molar-refractivity contribution in [2.45, 2.75) is 24.9 Å². The molecular formula is C32H34N4O3. The number of carbonyl (C=O) groups excluding carboxylic acids is 3. The van der Waals surface area contributed by atoms with E-state index in [1.165, 1.54) is 0 Å². The normalized spacial score (nSPS) is 16.7. The number of amides is 3. The Morgan fingerprint density at radius 1 is 0.872 bits per heavy atom. The number of hydrogen-bond acceptors (Lipinski definition) is 4. The number of rotatable bonds is 7. The minimum Gasteiger partial charge on any atom is -0.340 e. The van der Waals surface area contributed by atoms with E-state index in [1.54, 1.807) is 22.9 Å². The third-order valence-electron chi connectivity index (χ3n) is 7.72. The van der Waals surface area contributed by atoms with Gasteiger partial charge in [0.2, 0.25) is 11.8 Å².